The molecule has 0 fully saturated rings. The van der Waals surface area contributed by atoms with Gasteiger partial charge >= 0.3 is 0 Å². The van der Waals surface area contributed by atoms with Gasteiger partial charge < -0.3 is 5.32 Å². The first-order chi connectivity index (χ1) is 8.15. The summed E-state index contributed by atoms with van der Waals surface area (Å²) in [4.78, 5) is 0. The highest BCUT2D eigenvalue weighted by atomic mass is 19.1. The Balaban J connectivity index is 2.07. The normalized spacial score (nSPS) is 10.3. The number of halogens is 2. The van der Waals surface area contributed by atoms with Crippen LogP contribution in [0.5, 0.6) is 0 Å². The van der Waals surface area contributed by atoms with Crippen LogP contribution >= 0.6 is 0 Å². The lowest BCUT2D eigenvalue weighted by molar-refractivity contribution is 0.611. The molecule has 0 radical (unpaired) electrons. The molecule has 0 heterocycles. The van der Waals surface area contributed by atoms with E-state index in [1.807, 2.05) is 13.0 Å². The predicted molar refractivity (Wildman–Crippen MR) is 64.9 cm³/mol. The van der Waals surface area contributed by atoms with Crippen LogP contribution in [0.2, 0.25) is 0 Å². The van der Waals surface area contributed by atoms with Crippen molar-refractivity contribution in [2.75, 3.05) is 5.32 Å². The smallest absolute Gasteiger partial charge is 0.128 e. The molecular weight excluding hydrogens is 220 g/mol. The van der Waals surface area contributed by atoms with Crippen molar-refractivity contribution in [2.24, 2.45) is 0 Å². The number of hydrogen-bond acceptors (Lipinski definition) is 1. The van der Waals surface area contributed by atoms with Crippen LogP contribution in [0.1, 0.15) is 11.1 Å². The maximum atomic E-state index is 13.5. The summed E-state index contributed by atoms with van der Waals surface area (Å²) in [7, 11) is 0. The standard InChI is InChI=1S/C14H13F2N/c1-10-5-6-11(14(16)7-10)9-17-13-4-2-3-12(15)8-13/h2-8,17H,9H2,1H3. The zero-order chi connectivity index (χ0) is 12.3. The van der Waals surface area contributed by atoms with Gasteiger partial charge in [-0.05, 0) is 36.8 Å². The summed E-state index contributed by atoms with van der Waals surface area (Å²) in [6, 6.07) is 11.2. The first-order valence-electron chi connectivity index (χ1n) is 5.39. The van der Waals surface area contributed by atoms with E-state index < -0.39 is 0 Å². The molecular formula is C14H13F2N. The Morgan fingerprint density at radius 3 is 2.59 bits per heavy atom. The summed E-state index contributed by atoms with van der Waals surface area (Å²) in [6.45, 7) is 2.18. The van der Waals surface area contributed by atoms with Crippen molar-refractivity contribution in [3.05, 3.63) is 65.2 Å². The third-order valence-electron chi connectivity index (χ3n) is 2.52. The zero-order valence-electron chi connectivity index (χ0n) is 9.50. The fourth-order valence-corrected chi connectivity index (χ4v) is 1.59. The van der Waals surface area contributed by atoms with E-state index in [-0.39, 0.29) is 11.6 Å². The van der Waals surface area contributed by atoms with Crippen LogP contribution in [-0.2, 0) is 6.54 Å². The minimum Gasteiger partial charge on any atom is -0.381 e. The van der Waals surface area contributed by atoms with Crippen molar-refractivity contribution in [1.29, 1.82) is 0 Å². The molecule has 2 rings (SSSR count). The number of rotatable bonds is 3. The van der Waals surface area contributed by atoms with E-state index in [0.717, 1.165) is 5.56 Å². The lowest BCUT2D eigenvalue weighted by atomic mass is 10.1. The fraction of sp³-hybridized carbons (Fsp3) is 0.143. The van der Waals surface area contributed by atoms with Gasteiger partial charge in [0.15, 0.2) is 0 Å². The molecule has 0 unspecified atom stereocenters. The monoisotopic (exact) mass is 233 g/mol. The highest BCUT2D eigenvalue weighted by Crippen LogP contribution is 2.14. The Hall–Kier alpha value is -1.90. The van der Waals surface area contributed by atoms with Gasteiger partial charge in [0.2, 0.25) is 0 Å². The molecule has 0 aliphatic carbocycles. The number of aryl methyl sites for hydroxylation is 1. The molecule has 1 nitrogen and oxygen atoms in total. The lowest BCUT2D eigenvalue weighted by Crippen LogP contribution is -2.02. The van der Waals surface area contributed by atoms with Crippen LogP contribution in [0.3, 0.4) is 0 Å². The fourth-order valence-electron chi connectivity index (χ4n) is 1.59. The molecule has 0 bridgehead atoms. The molecule has 0 aromatic heterocycles. The molecule has 3 heteroatoms. The van der Waals surface area contributed by atoms with Crippen molar-refractivity contribution in [3.63, 3.8) is 0 Å². The third kappa shape index (κ3) is 3.03. The average molecular weight is 233 g/mol. The molecule has 0 saturated carbocycles. The summed E-state index contributed by atoms with van der Waals surface area (Å²) in [5.74, 6) is -0.548. The van der Waals surface area contributed by atoms with Crippen LogP contribution in [0.25, 0.3) is 0 Å². The summed E-state index contributed by atoms with van der Waals surface area (Å²) in [6.07, 6.45) is 0. The summed E-state index contributed by atoms with van der Waals surface area (Å²) >= 11 is 0. The largest absolute Gasteiger partial charge is 0.381 e. The van der Waals surface area contributed by atoms with E-state index in [2.05, 4.69) is 5.32 Å². The van der Waals surface area contributed by atoms with Crippen LogP contribution in [0.15, 0.2) is 42.5 Å². The Labute approximate surface area is 99.1 Å². The van der Waals surface area contributed by atoms with Crippen molar-refractivity contribution < 1.29 is 8.78 Å². The minimum atomic E-state index is -0.306. The van der Waals surface area contributed by atoms with Crippen LogP contribution in [0, 0.1) is 18.6 Å². The van der Waals surface area contributed by atoms with Crippen LogP contribution < -0.4 is 5.32 Å². The molecule has 17 heavy (non-hydrogen) atoms. The molecule has 0 atom stereocenters. The van der Waals surface area contributed by atoms with Gasteiger partial charge in [-0.2, -0.15) is 0 Å². The van der Waals surface area contributed by atoms with Crippen LogP contribution in [-0.4, -0.2) is 0 Å². The van der Waals surface area contributed by atoms with Gasteiger partial charge in [-0.15, -0.1) is 0 Å². The van der Waals surface area contributed by atoms with Crippen molar-refractivity contribution >= 4 is 5.69 Å². The molecule has 88 valence electrons. The topological polar surface area (TPSA) is 12.0 Å². The zero-order valence-corrected chi connectivity index (χ0v) is 9.50. The number of nitrogens with one attached hydrogen (secondary N) is 1. The van der Waals surface area contributed by atoms with Crippen molar-refractivity contribution in [1.82, 2.24) is 0 Å². The average Bonchev–Trinajstić information content (AvgIpc) is 2.28. The molecule has 0 saturated heterocycles. The van der Waals surface area contributed by atoms with Crippen molar-refractivity contribution in [3.8, 4) is 0 Å². The van der Waals surface area contributed by atoms with Crippen molar-refractivity contribution in [2.45, 2.75) is 13.5 Å². The van der Waals surface area contributed by atoms with Gasteiger partial charge in [0, 0.05) is 17.8 Å². The first-order valence-corrected chi connectivity index (χ1v) is 5.39. The first kappa shape index (κ1) is 11.6. The summed E-state index contributed by atoms with van der Waals surface area (Å²) in [5.41, 5.74) is 2.10. The van der Waals surface area contributed by atoms with E-state index in [0.29, 0.717) is 17.8 Å². The number of benzene rings is 2. The van der Waals surface area contributed by atoms with Gasteiger partial charge in [-0.25, -0.2) is 8.78 Å². The van der Waals surface area contributed by atoms with Gasteiger partial charge in [0.25, 0.3) is 0 Å². The van der Waals surface area contributed by atoms with Gasteiger partial charge in [0.1, 0.15) is 11.6 Å². The van der Waals surface area contributed by atoms with Gasteiger partial charge in [-0.3, -0.25) is 0 Å². The van der Waals surface area contributed by atoms with Gasteiger partial charge in [0.05, 0.1) is 0 Å². The number of anilines is 1. The highest BCUT2D eigenvalue weighted by molar-refractivity contribution is 5.43. The Morgan fingerprint density at radius 2 is 1.88 bits per heavy atom. The van der Waals surface area contributed by atoms with E-state index in [4.69, 9.17) is 0 Å². The second-order valence-electron chi connectivity index (χ2n) is 3.96. The molecule has 0 aliphatic rings. The lowest BCUT2D eigenvalue weighted by Gasteiger charge is -2.08. The maximum absolute atomic E-state index is 13.5. The van der Waals surface area contributed by atoms with Crippen LogP contribution in [0.4, 0.5) is 14.5 Å². The Morgan fingerprint density at radius 1 is 1.06 bits per heavy atom. The minimum absolute atomic E-state index is 0.242. The molecule has 0 spiro atoms. The molecule has 2 aromatic carbocycles. The quantitative estimate of drug-likeness (QED) is 0.848. The SMILES string of the molecule is Cc1ccc(CNc2cccc(F)c2)c(F)c1. The van der Waals surface area contributed by atoms with E-state index >= 15 is 0 Å². The highest BCUT2D eigenvalue weighted by Gasteiger charge is 2.02. The van der Waals surface area contributed by atoms with Gasteiger partial charge in [-0.1, -0.05) is 18.2 Å². The van der Waals surface area contributed by atoms with E-state index in [9.17, 15) is 8.78 Å². The Kier molecular flexibility index (Phi) is 3.38. The Bertz CT molecular complexity index is 523. The van der Waals surface area contributed by atoms with E-state index in [1.54, 1.807) is 18.2 Å². The maximum Gasteiger partial charge on any atom is 0.128 e. The molecule has 1 N–H and O–H groups in total. The summed E-state index contributed by atoms with van der Waals surface area (Å²) < 4.78 is 26.4. The second kappa shape index (κ2) is 4.95. The van der Waals surface area contributed by atoms with E-state index in [1.165, 1.54) is 18.2 Å². The number of hydrogen-bond donors (Lipinski definition) is 1. The predicted octanol–water partition coefficient (Wildman–Crippen LogP) is 3.89. The second-order valence-corrected chi connectivity index (χ2v) is 3.96. The molecule has 0 aliphatic heterocycles. The molecule has 0 amide bonds. The molecule has 2 aromatic rings. The summed E-state index contributed by atoms with van der Waals surface area (Å²) in [5, 5.41) is 2.98. The third-order valence-corrected chi connectivity index (χ3v) is 2.52.